The molecule has 0 spiro atoms. The van der Waals surface area contributed by atoms with E-state index < -0.39 is 0 Å². The maximum atomic E-state index is 12.3. The summed E-state index contributed by atoms with van der Waals surface area (Å²) in [4.78, 5) is 17.7. The van der Waals surface area contributed by atoms with Crippen LogP contribution in [0.15, 0.2) is 60.8 Å². The number of rotatable bonds is 7. The lowest BCUT2D eigenvalue weighted by molar-refractivity contribution is 0.102. The number of nitrogens with one attached hydrogen (secondary N) is 1. The summed E-state index contributed by atoms with van der Waals surface area (Å²) in [7, 11) is 0. The molecule has 0 unspecified atom stereocenters. The molecule has 1 amide bonds. The first-order chi connectivity index (χ1) is 12.2. The van der Waals surface area contributed by atoms with E-state index in [1.165, 1.54) is 16.9 Å². The Morgan fingerprint density at radius 2 is 1.88 bits per heavy atom. The molecule has 3 aromatic rings. The van der Waals surface area contributed by atoms with E-state index in [2.05, 4.69) is 29.4 Å². The molecule has 128 valence electrons. The van der Waals surface area contributed by atoms with Gasteiger partial charge in [0.2, 0.25) is 0 Å². The van der Waals surface area contributed by atoms with Gasteiger partial charge < -0.3 is 4.74 Å². The molecule has 25 heavy (non-hydrogen) atoms. The number of carbonyl (C=O) groups excluding carboxylic acids is 1. The van der Waals surface area contributed by atoms with Gasteiger partial charge in [0.15, 0.2) is 5.13 Å². The summed E-state index contributed by atoms with van der Waals surface area (Å²) in [5.74, 6) is 0.612. The number of benzene rings is 2. The third-order valence-corrected chi connectivity index (χ3v) is 4.50. The van der Waals surface area contributed by atoms with Gasteiger partial charge in [-0.1, -0.05) is 37.3 Å². The minimum Gasteiger partial charge on any atom is -0.494 e. The lowest BCUT2D eigenvalue weighted by atomic mass is 10.1. The minimum atomic E-state index is -0.164. The van der Waals surface area contributed by atoms with E-state index in [4.69, 9.17) is 4.74 Å². The molecule has 2 aromatic carbocycles. The van der Waals surface area contributed by atoms with E-state index in [1.807, 2.05) is 36.5 Å². The smallest absolute Gasteiger partial charge is 0.257 e. The van der Waals surface area contributed by atoms with Gasteiger partial charge in [0.1, 0.15) is 5.75 Å². The third-order valence-electron chi connectivity index (χ3n) is 3.58. The van der Waals surface area contributed by atoms with Gasteiger partial charge in [0.25, 0.3) is 5.91 Å². The van der Waals surface area contributed by atoms with Crippen molar-refractivity contribution in [1.82, 2.24) is 4.98 Å². The number of thiazole rings is 1. The third kappa shape index (κ3) is 4.90. The summed E-state index contributed by atoms with van der Waals surface area (Å²) >= 11 is 1.50. The van der Waals surface area contributed by atoms with Crippen LogP contribution in [-0.2, 0) is 6.42 Å². The van der Waals surface area contributed by atoms with Crippen molar-refractivity contribution in [2.45, 2.75) is 19.8 Å². The quantitative estimate of drug-likeness (QED) is 0.666. The van der Waals surface area contributed by atoms with Crippen molar-refractivity contribution >= 4 is 22.4 Å². The first-order valence-corrected chi connectivity index (χ1v) is 9.09. The fraction of sp³-hybridized carbons (Fsp3) is 0.200. The molecule has 4 nitrogen and oxygen atoms in total. The minimum absolute atomic E-state index is 0.164. The van der Waals surface area contributed by atoms with Crippen LogP contribution in [-0.4, -0.2) is 17.5 Å². The molecule has 3 rings (SSSR count). The molecule has 0 saturated heterocycles. The van der Waals surface area contributed by atoms with E-state index in [-0.39, 0.29) is 5.91 Å². The van der Waals surface area contributed by atoms with Crippen LogP contribution in [0, 0.1) is 0 Å². The number of hydrogen-bond acceptors (Lipinski definition) is 4. The average Bonchev–Trinajstić information content (AvgIpc) is 3.08. The van der Waals surface area contributed by atoms with Crippen molar-refractivity contribution in [3.63, 3.8) is 0 Å². The fourth-order valence-electron chi connectivity index (χ4n) is 2.34. The second-order valence-corrected chi connectivity index (χ2v) is 6.74. The molecule has 1 N–H and O–H groups in total. The maximum absolute atomic E-state index is 12.3. The number of aromatic nitrogens is 1. The van der Waals surface area contributed by atoms with Gasteiger partial charge in [0.05, 0.1) is 6.61 Å². The summed E-state index contributed by atoms with van der Waals surface area (Å²) in [5, 5.41) is 3.47. The molecule has 1 aromatic heterocycles. The van der Waals surface area contributed by atoms with Gasteiger partial charge in [-0.3, -0.25) is 10.1 Å². The van der Waals surface area contributed by atoms with Crippen molar-refractivity contribution in [3.8, 4) is 5.75 Å². The Bertz CT molecular complexity index is 813. The second kappa shape index (κ2) is 8.44. The van der Waals surface area contributed by atoms with E-state index in [9.17, 15) is 4.79 Å². The van der Waals surface area contributed by atoms with Crippen molar-refractivity contribution in [2.75, 3.05) is 11.9 Å². The molecule has 5 heteroatoms. The van der Waals surface area contributed by atoms with Crippen LogP contribution in [0.2, 0.25) is 0 Å². The standard InChI is InChI=1S/C20H20N2O2S/c1-2-12-24-17-10-8-16(9-11-17)19(23)22-20-21-14-18(25-20)13-15-6-4-3-5-7-15/h3-11,14H,2,12-13H2,1H3,(H,21,22,23). The Hall–Kier alpha value is -2.66. The molecular formula is C20H20N2O2S. The van der Waals surface area contributed by atoms with Crippen molar-refractivity contribution in [3.05, 3.63) is 76.8 Å². The van der Waals surface area contributed by atoms with Crippen molar-refractivity contribution in [2.24, 2.45) is 0 Å². The van der Waals surface area contributed by atoms with E-state index in [0.717, 1.165) is 23.5 Å². The molecule has 0 bridgehead atoms. The van der Waals surface area contributed by atoms with E-state index in [1.54, 1.807) is 12.1 Å². The number of hydrogen-bond donors (Lipinski definition) is 1. The first-order valence-electron chi connectivity index (χ1n) is 8.27. The number of anilines is 1. The summed E-state index contributed by atoms with van der Waals surface area (Å²) in [6, 6.07) is 17.4. The van der Waals surface area contributed by atoms with Crippen molar-refractivity contribution in [1.29, 1.82) is 0 Å². The van der Waals surface area contributed by atoms with Crippen molar-refractivity contribution < 1.29 is 9.53 Å². The topological polar surface area (TPSA) is 51.2 Å². The summed E-state index contributed by atoms with van der Waals surface area (Å²) in [5.41, 5.74) is 1.82. The molecule has 0 aliphatic rings. The van der Waals surface area contributed by atoms with Crippen LogP contribution < -0.4 is 10.1 Å². The van der Waals surface area contributed by atoms with Crippen LogP contribution in [0.4, 0.5) is 5.13 Å². The highest BCUT2D eigenvalue weighted by atomic mass is 32.1. The van der Waals surface area contributed by atoms with Gasteiger partial charge in [-0.15, -0.1) is 11.3 Å². The fourth-order valence-corrected chi connectivity index (χ4v) is 3.18. The molecule has 0 saturated carbocycles. The number of nitrogens with zero attached hydrogens (tertiary/aromatic N) is 1. The predicted octanol–water partition coefficient (Wildman–Crippen LogP) is 4.78. The number of amides is 1. The zero-order valence-electron chi connectivity index (χ0n) is 14.1. The normalized spacial score (nSPS) is 10.4. The van der Waals surface area contributed by atoms with Gasteiger partial charge in [-0.2, -0.15) is 0 Å². The van der Waals surface area contributed by atoms with Crippen LogP contribution in [0.25, 0.3) is 0 Å². The van der Waals surface area contributed by atoms with Crippen LogP contribution in [0.1, 0.15) is 34.1 Å². The summed E-state index contributed by atoms with van der Waals surface area (Å²) in [6.07, 6.45) is 3.59. The van der Waals surface area contributed by atoms with Gasteiger partial charge in [-0.05, 0) is 36.2 Å². The molecule has 1 heterocycles. The Kier molecular flexibility index (Phi) is 5.80. The average molecular weight is 352 g/mol. The van der Waals surface area contributed by atoms with Crippen LogP contribution in [0.3, 0.4) is 0 Å². The van der Waals surface area contributed by atoms with E-state index in [0.29, 0.717) is 17.3 Å². The Labute approximate surface area is 151 Å². The van der Waals surface area contributed by atoms with Crippen LogP contribution >= 0.6 is 11.3 Å². The summed E-state index contributed by atoms with van der Waals surface area (Å²) in [6.45, 7) is 2.73. The Morgan fingerprint density at radius 3 is 2.60 bits per heavy atom. The highest BCUT2D eigenvalue weighted by Gasteiger charge is 2.09. The molecule has 0 atom stereocenters. The second-order valence-electron chi connectivity index (χ2n) is 5.62. The highest BCUT2D eigenvalue weighted by molar-refractivity contribution is 7.15. The monoisotopic (exact) mass is 352 g/mol. The molecular weight excluding hydrogens is 332 g/mol. The van der Waals surface area contributed by atoms with Gasteiger partial charge >= 0.3 is 0 Å². The lowest BCUT2D eigenvalue weighted by Crippen LogP contribution is -2.11. The van der Waals surface area contributed by atoms with Crippen LogP contribution in [0.5, 0.6) is 5.75 Å². The predicted molar refractivity (Wildman–Crippen MR) is 102 cm³/mol. The molecule has 0 radical (unpaired) electrons. The maximum Gasteiger partial charge on any atom is 0.257 e. The molecule has 0 fully saturated rings. The molecule has 0 aliphatic heterocycles. The zero-order chi connectivity index (χ0) is 17.5. The molecule has 0 aliphatic carbocycles. The van der Waals surface area contributed by atoms with Gasteiger partial charge in [0, 0.05) is 23.1 Å². The lowest BCUT2D eigenvalue weighted by Gasteiger charge is -2.05. The van der Waals surface area contributed by atoms with E-state index >= 15 is 0 Å². The van der Waals surface area contributed by atoms with Gasteiger partial charge in [-0.25, -0.2) is 4.98 Å². The Balaban J connectivity index is 1.59. The zero-order valence-corrected chi connectivity index (χ0v) is 14.9. The SMILES string of the molecule is CCCOc1ccc(C(=O)Nc2ncc(Cc3ccccc3)s2)cc1. The number of ether oxygens (including phenoxy) is 1. The number of carbonyl (C=O) groups is 1. The Morgan fingerprint density at radius 1 is 1.12 bits per heavy atom. The first kappa shape index (κ1) is 17.2. The highest BCUT2D eigenvalue weighted by Crippen LogP contribution is 2.22. The largest absolute Gasteiger partial charge is 0.494 e. The summed E-state index contributed by atoms with van der Waals surface area (Å²) < 4.78 is 5.53.